The Morgan fingerprint density at radius 3 is 2.72 bits per heavy atom. The number of hydrogen-bond donors (Lipinski definition) is 1. The standard InChI is InChI=1S/C16H8ClN3O3S2/c17-13-9-3-1-2-4-11(9)24-14(13)15(21)19-16-18-10-6-5-8(20(22)23)7-12(10)25-16/h1-7H,(H,18,19,21). The molecular formula is C16H8ClN3O3S2. The predicted octanol–water partition coefficient (Wildman–Crippen LogP) is 5.32. The Morgan fingerprint density at radius 1 is 1.16 bits per heavy atom. The number of halogens is 1. The highest BCUT2D eigenvalue weighted by atomic mass is 35.5. The third kappa shape index (κ3) is 2.84. The van der Waals surface area contributed by atoms with Crippen molar-refractivity contribution in [2.45, 2.75) is 0 Å². The molecule has 2 aromatic carbocycles. The first kappa shape index (κ1) is 15.9. The molecule has 0 saturated heterocycles. The number of nitro benzene ring substituents is 1. The molecule has 6 nitrogen and oxygen atoms in total. The van der Waals surface area contributed by atoms with Crippen LogP contribution < -0.4 is 5.32 Å². The Balaban J connectivity index is 1.66. The van der Waals surface area contributed by atoms with Gasteiger partial charge in [-0.3, -0.25) is 20.2 Å². The average Bonchev–Trinajstić information content (AvgIpc) is 3.15. The molecule has 0 aliphatic rings. The highest BCUT2D eigenvalue weighted by molar-refractivity contribution is 7.23. The van der Waals surface area contributed by atoms with E-state index in [1.54, 1.807) is 6.07 Å². The molecule has 0 unspecified atom stereocenters. The number of amides is 1. The molecule has 0 radical (unpaired) electrons. The molecule has 2 aromatic heterocycles. The zero-order valence-electron chi connectivity index (χ0n) is 12.4. The summed E-state index contributed by atoms with van der Waals surface area (Å²) in [6.07, 6.45) is 0. The number of carbonyl (C=O) groups excluding carboxylic acids is 1. The molecule has 0 fully saturated rings. The second-order valence-corrected chi connectivity index (χ2v) is 7.58. The van der Waals surface area contributed by atoms with Crippen molar-refractivity contribution in [1.29, 1.82) is 0 Å². The second kappa shape index (κ2) is 6.07. The molecule has 25 heavy (non-hydrogen) atoms. The fourth-order valence-corrected chi connectivity index (χ4v) is 4.70. The third-order valence-corrected chi connectivity index (χ3v) is 6.15. The van der Waals surface area contributed by atoms with Crippen LogP contribution in [0.25, 0.3) is 20.3 Å². The molecule has 0 aliphatic carbocycles. The normalized spacial score (nSPS) is 11.1. The topological polar surface area (TPSA) is 85.1 Å². The Labute approximate surface area is 153 Å². The number of anilines is 1. The van der Waals surface area contributed by atoms with Gasteiger partial charge in [0.2, 0.25) is 0 Å². The minimum atomic E-state index is -0.464. The van der Waals surface area contributed by atoms with Gasteiger partial charge in [-0.1, -0.05) is 41.1 Å². The molecule has 0 bridgehead atoms. The summed E-state index contributed by atoms with van der Waals surface area (Å²) < 4.78 is 1.56. The Bertz CT molecular complexity index is 1150. The number of rotatable bonds is 3. The van der Waals surface area contributed by atoms with Crippen LogP contribution in [0.15, 0.2) is 42.5 Å². The molecule has 1 N–H and O–H groups in total. The van der Waals surface area contributed by atoms with E-state index in [1.165, 1.54) is 34.8 Å². The van der Waals surface area contributed by atoms with Gasteiger partial charge in [0.15, 0.2) is 5.13 Å². The van der Waals surface area contributed by atoms with Crippen LogP contribution in [0, 0.1) is 10.1 Å². The van der Waals surface area contributed by atoms with Crippen molar-refractivity contribution in [3.63, 3.8) is 0 Å². The SMILES string of the molecule is O=C(Nc1nc2ccc([N+](=O)[O-])cc2s1)c1sc2ccccc2c1Cl. The van der Waals surface area contributed by atoms with Crippen LogP contribution in [0.5, 0.6) is 0 Å². The van der Waals surface area contributed by atoms with E-state index in [0.29, 0.717) is 25.2 Å². The summed E-state index contributed by atoms with van der Waals surface area (Å²) in [7, 11) is 0. The monoisotopic (exact) mass is 389 g/mol. The Kier molecular flexibility index (Phi) is 3.87. The quantitative estimate of drug-likeness (QED) is 0.379. The van der Waals surface area contributed by atoms with E-state index in [4.69, 9.17) is 11.6 Å². The van der Waals surface area contributed by atoms with Gasteiger partial charge in [-0.05, 0) is 12.1 Å². The van der Waals surface area contributed by atoms with E-state index < -0.39 is 4.92 Å². The number of thiazole rings is 1. The number of nitrogens with zero attached hydrogens (tertiary/aromatic N) is 2. The van der Waals surface area contributed by atoms with Gasteiger partial charge in [0.25, 0.3) is 11.6 Å². The minimum absolute atomic E-state index is 0.0124. The summed E-state index contributed by atoms with van der Waals surface area (Å²) in [5.41, 5.74) is 0.579. The first-order valence-electron chi connectivity index (χ1n) is 7.06. The molecule has 4 aromatic rings. The number of aromatic nitrogens is 1. The summed E-state index contributed by atoms with van der Waals surface area (Å²) >= 11 is 8.80. The van der Waals surface area contributed by atoms with Crippen LogP contribution in [0.2, 0.25) is 5.02 Å². The summed E-state index contributed by atoms with van der Waals surface area (Å²) in [6, 6.07) is 11.9. The van der Waals surface area contributed by atoms with Gasteiger partial charge >= 0.3 is 0 Å². The minimum Gasteiger partial charge on any atom is -0.297 e. The molecule has 9 heteroatoms. The molecule has 4 rings (SSSR count). The second-order valence-electron chi connectivity index (χ2n) is 5.12. The van der Waals surface area contributed by atoms with E-state index in [9.17, 15) is 14.9 Å². The van der Waals surface area contributed by atoms with Crippen LogP contribution in [0.1, 0.15) is 9.67 Å². The van der Waals surface area contributed by atoms with Crippen LogP contribution in [-0.4, -0.2) is 15.8 Å². The van der Waals surface area contributed by atoms with E-state index in [1.807, 2.05) is 24.3 Å². The smallest absolute Gasteiger partial charge is 0.270 e. The van der Waals surface area contributed by atoms with E-state index in [0.717, 1.165) is 10.1 Å². The number of hydrogen-bond acceptors (Lipinski definition) is 6. The summed E-state index contributed by atoms with van der Waals surface area (Å²) in [4.78, 5) is 27.6. The lowest BCUT2D eigenvalue weighted by molar-refractivity contribution is -0.384. The first-order valence-corrected chi connectivity index (χ1v) is 9.07. The number of nitrogens with one attached hydrogen (secondary N) is 1. The van der Waals surface area contributed by atoms with Gasteiger partial charge in [-0.2, -0.15) is 0 Å². The summed E-state index contributed by atoms with van der Waals surface area (Å²) in [6.45, 7) is 0. The largest absolute Gasteiger partial charge is 0.297 e. The summed E-state index contributed by atoms with van der Waals surface area (Å²) in [5.74, 6) is -0.347. The van der Waals surface area contributed by atoms with Crippen molar-refractivity contribution < 1.29 is 9.72 Å². The first-order chi connectivity index (χ1) is 12.0. The number of benzene rings is 2. The molecule has 0 spiro atoms. The maximum atomic E-state index is 12.5. The van der Waals surface area contributed by atoms with Crippen LogP contribution >= 0.6 is 34.3 Å². The average molecular weight is 390 g/mol. The van der Waals surface area contributed by atoms with Gasteiger partial charge < -0.3 is 0 Å². The van der Waals surface area contributed by atoms with Gasteiger partial charge in [0, 0.05) is 22.2 Å². The highest BCUT2D eigenvalue weighted by Crippen LogP contribution is 2.36. The van der Waals surface area contributed by atoms with Gasteiger partial charge in [-0.15, -0.1) is 11.3 Å². The van der Waals surface area contributed by atoms with Crippen LogP contribution in [-0.2, 0) is 0 Å². The zero-order valence-corrected chi connectivity index (χ0v) is 14.7. The summed E-state index contributed by atoms with van der Waals surface area (Å²) in [5, 5.41) is 15.2. The van der Waals surface area contributed by atoms with E-state index in [-0.39, 0.29) is 11.6 Å². The van der Waals surface area contributed by atoms with E-state index in [2.05, 4.69) is 10.3 Å². The Hall–Kier alpha value is -2.55. The van der Waals surface area contributed by atoms with Gasteiger partial charge in [0.1, 0.15) is 4.88 Å². The molecule has 0 atom stereocenters. The van der Waals surface area contributed by atoms with Crippen molar-refractivity contribution in [3.05, 3.63) is 62.5 Å². The molecule has 2 heterocycles. The molecule has 1 amide bonds. The van der Waals surface area contributed by atoms with Crippen molar-refractivity contribution in [3.8, 4) is 0 Å². The zero-order chi connectivity index (χ0) is 17.6. The van der Waals surface area contributed by atoms with Crippen molar-refractivity contribution in [1.82, 2.24) is 4.98 Å². The van der Waals surface area contributed by atoms with Crippen LogP contribution in [0.3, 0.4) is 0 Å². The fraction of sp³-hybridized carbons (Fsp3) is 0. The molecule has 124 valence electrons. The number of nitro groups is 1. The van der Waals surface area contributed by atoms with Crippen molar-refractivity contribution in [2.24, 2.45) is 0 Å². The highest BCUT2D eigenvalue weighted by Gasteiger charge is 2.18. The Morgan fingerprint density at radius 2 is 1.96 bits per heavy atom. The number of fused-ring (bicyclic) bond motifs is 2. The number of carbonyl (C=O) groups is 1. The maximum absolute atomic E-state index is 12.5. The predicted molar refractivity (Wildman–Crippen MR) is 101 cm³/mol. The molecule has 0 aliphatic heterocycles. The molecular weight excluding hydrogens is 382 g/mol. The van der Waals surface area contributed by atoms with Crippen molar-refractivity contribution >= 4 is 71.3 Å². The van der Waals surface area contributed by atoms with Gasteiger partial charge in [-0.25, -0.2) is 4.98 Å². The fourth-order valence-electron chi connectivity index (χ4n) is 2.39. The molecule has 0 saturated carbocycles. The lowest BCUT2D eigenvalue weighted by Crippen LogP contribution is -2.10. The van der Waals surface area contributed by atoms with E-state index >= 15 is 0 Å². The lowest BCUT2D eigenvalue weighted by Gasteiger charge is -1.98. The lowest BCUT2D eigenvalue weighted by atomic mass is 10.2. The third-order valence-electron chi connectivity index (χ3n) is 3.54. The number of non-ortho nitro benzene ring substituents is 1. The number of thiophene rings is 1. The van der Waals surface area contributed by atoms with Crippen molar-refractivity contribution in [2.75, 3.05) is 5.32 Å². The van der Waals surface area contributed by atoms with Crippen LogP contribution in [0.4, 0.5) is 10.8 Å². The van der Waals surface area contributed by atoms with Gasteiger partial charge in [0.05, 0.1) is 20.2 Å². The maximum Gasteiger partial charge on any atom is 0.270 e.